The Kier molecular flexibility index (Phi) is 5.37. The smallest absolute Gasteiger partial charge is 0.389 e. The van der Waals surface area contributed by atoms with E-state index >= 15 is 0 Å². The Bertz CT molecular complexity index is 917. The molecule has 10 heteroatoms. The van der Waals surface area contributed by atoms with Crippen molar-refractivity contribution in [3.05, 3.63) is 29.0 Å². The van der Waals surface area contributed by atoms with E-state index in [-0.39, 0.29) is 33.3 Å². The maximum absolute atomic E-state index is 13.9. The standard InChI is InChI=1S/C19H23F3N4O2S/c1-17(2,28)10-26(18(3)5-4-6-18)14-7-12(19(20,21)22)11(8-24-14)13-9-25-16(29-13)15(23)27/h7-9,28H,4-6,10H2,1-3H3,(H2,23,27). The largest absolute Gasteiger partial charge is 0.417 e. The lowest BCUT2D eigenvalue weighted by Crippen LogP contribution is -2.56. The second-order valence-corrected chi connectivity index (χ2v) is 9.26. The molecule has 0 atom stereocenters. The van der Waals surface area contributed by atoms with Crippen molar-refractivity contribution in [2.45, 2.75) is 57.3 Å². The molecule has 0 spiro atoms. The summed E-state index contributed by atoms with van der Waals surface area (Å²) in [5, 5.41) is 10.2. The molecule has 1 fully saturated rings. The lowest BCUT2D eigenvalue weighted by atomic mass is 9.76. The number of aromatic nitrogens is 2. The second-order valence-electron chi connectivity index (χ2n) is 8.23. The van der Waals surface area contributed by atoms with Crippen molar-refractivity contribution in [3.63, 3.8) is 0 Å². The zero-order chi connectivity index (χ0) is 21.6. The molecule has 2 heterocycles. The molecule has 1 amide bonds. The third-order valence-electron chi connectivity index (χ3n) is 5.08. The van der Waals surface area contributed by atoms with Crippen molar-refractivity contribution in [1.29, 1.82) is 0 Å². The zero-order valence-corrected chi connectivity index (χ0v) is 17.2. The number of alkyl halides is 3. The van der Waals surface area contributed by atoms with Crippen molar-refractivity contribution < 1.29 is 23.1 Å². The van der Waals surface area contributed by atoms with Crippen LogP contribution in [-0.4, -0.2) is 38.7 Å². The van der Waals surface area contributed by atoms with Gasteiger partial charge in [0, 0.05) is 30.0 Å². The van der Waals surface area contributed by atoms with Crippen LogP contribution in [-0.2, 0) is 6.18 Å². The van der Waals surface area contributed by atoms with E-state index in [0.717, 1.165) is 42.9 Å². The molecule has 0 saturated heterocycles. The summed E-state index contributed by atoms with van der Waals surface area (Å²) in [5.74, 6) is -0.640. The topological polar surface area (TPSA) is 92.3 Å². The monoisotopic (exact) mass is 428 g/mol. The minimum absolute atomic E-state index is 0.0668. The SMILES string of the molecule is CC(C)(O)CN(c1cc(C(F)(F)F)c(-c2cnc(C(N)=O)s2)cn1)C1(C)CCC1. The molecule has 0 aliphatic heterocycles. The summed E-state index contributed by atoms with van der Waals surface area (Å²) in [7, 11) is 0. The van der Waals surface area contributed by atoms with Gasteiger partial charge in [0.05, 0.1) is 16.0 Å². The van der Waals surface area contributed by atoms with Gasteiger partial charge < -0.3 is 15.7 Å². The van der Waals surface area contributed by atoms with E-state index in [1.165, 1.54) is 6.20 Å². The van der Waals surface area contributed by atoms with Crippen LogP contribution < -0.4 is 10.6 Å². The molecule has 3 N–H and O–H groups in total. The fourth-order valence-corrected chi connectivity index (χ4v) is 4.22. The minimum Gasteiger partial charge on any atom is -0.389 e. The van der Waals surface area contributed by atoms with Crippen LogP contribution in [0.25, 0.3) is 10.4 Å². The molecule has 1 saturated carbocycles. The number of carbonyl (C=O) groups excluding carboxylic acids is 1. The predicted octanol–water partition coefficient (Wildman–Crippen LogP) is 3.84. The molecular formula is C19H23F3N4O2S. The predicted molar refractivity (Wildman–Crippen MR) is 105 cm³/mol. The van der Waals surface area contributed by atoms with Crippen LogP contribution in [0.1, 0.15) is 55.4 Å². The molecule has 3 rings (SSSR count). The van der Waals surface area contributed by atoms with E-state index in [9.17, 15) is 23.1 Å². The van der Waals surface area contributed by atoms with Gasteiger partial charge in [0.25, 0.3) is 5.91 Å². The fraction of sp³-hybridized carbons (Fsp3) is 0.526. The Morgan fingerprint density at radius 1 is 1.31 bits per heavy atom. The number of hydrogen-bond acceptors (Lipinski definition) is 6. The molecule has 1 aliphatic rings. The number of anilines is 1. The molecule has 1 aliphatic carbocycles. The number of β-amino-alcohol motifs (C(OH)–C–C–N with tert-alkyl or cyclic N) is 1. The first kappa shape index (κ1) is 21.5. The average molecular weight is 428 g/mol. The van der Waals surface area contributed by atoms with Crippen molar-refractivity contribution in [2.75, 3.05) is 11.4 Å². The number of primary amides is 1. The highest BCUT2D eigenvalue weighted by Gasteiger charge is 2.42. The second kappa shape index (κ2) is 7.24. The summed E-state index contributed by atoms with van der Waals surface area (Å²) in [6.07, 6.45) is 0.300. The Hall–Kier alpha value is -2.20. The van der Waals surface area contributed by atoms with E-state index in [1.54, 1.807) is 18.7 Å². The molecule has 0 radical (unpaired) electrons. The number of nitrogens with zero attached hydrogens (tertiary/aromatic N) is 3. The van der Waals surface area contributed by atoms with Gasteiger partial charge in [-0.15, -0.1) is 11.3 Å². The Labute approximate surface area is 170 Å². The van der Waals surface area contributed by atoms with Gasteiger partial charge in [0.2, 0.25) is 0 Å². The number of hydrogen-bond donors (Lipinski definition) is 2. The molecule has 6 nitrogen and oxygen atoms in total. The molecule has 0 bridgehead atoms. The van der Waals surface area contributed by atoms with Crippen LogP contribution in [0.4, 0.5) is 19.0 Å². The quantitative estimate of drug-likeness (QED) is 0.729. The van der Waals surface area contributed by atoms with Gasteiger partial charge in [0.15, 0.2) is 5.01 Å². The molecule has 29 heavy (non-hydrogen) atoms. The van der Waals surface area contributed by atoms with Crippen LogP contribution in [0.3, 0.4) is 0 Å². The number of aliphatic hydroxyl groups is 1. The van der Waals surface area contributed by atoms with Crippen LogP contribution in [0.2, 0.25) is 0 Å². The molecule has 0 aromatic carbocycles. The lowest BCUT2D eigenvalue weighted by Gasteiger charge is -2.50. The summed E-state index contributed by atoms with van der Waals surface area (Å²) in [6.45, 7) is 5.35. The third-order valence-corrected chi connectivity index (χ3v) is 6.13. The number of amides is 1. The highest BCUT2D eigenvalue weighted by molar-refractivity contribution is 7.17. The summed E-state index contributed by atoms with van der Waals surface area (Å²) >= 11 is 0.791. The minimum atomic E-state index is -4.63. The van der Waals surface area contributed by atoms with Gasteiger partial charge in [-0.3, -0.25) is 4.79 Å². The van der Waals surface area contributed by atoms with E-state index in [4.69, 9.17) is 5.73 Å². The summed E-state index contributed by atoms with van der Waals surface area (Å²) < 4.78 is 41.6. The first-order valence-electron chi connectivity index (χ1n) is 9.13. The van der Waals surface area contributed by atoms with Crippen LogP contribution >= 0.6 is 11.3 Å². The van der Waals surface area contributed by atoms with E-state index in [1.807, 2.05) is 6.92 Å². The Balaban J connectivity index is 2.09. The Morgan fingerprint density at radius 2 is 1.97 bits per heavy atom. The van der Waals surface area contributed by atoms with Gasteiger partial charge >= 0.3 is 6.18 Å². The first-order chi connectivity index (χ1) is 13.3. The molecule has 158 valence electrons. The molecule has 0 unspecified atom stereocenters. The zero-order valence-electron chi connectivity index (χ0n) is 16.4. The van der Waals surface area contributed by atoms with Crippen molar-refractivity contribution >= 4 is 23.1 Å². The fourth-order valence-electron chi connectivity index (χ4n) is 3.43. The molecular weight excluding hydrogens is 405 g/mol. The van der Waals surface area contributed by atoms with Gasteiger partial charge in [-0.2, -0.15) is 13.2 Å². The lowest BCUT2D eigenvalue weighted by molar-refractivity contribution is -0.137. The summed E-state index contributed by atoms with van der Waals surface area (Å²) in [5.41, 5.74) is 2.67. The van der Waals surface area contributed by atoms with Gasteiger partial charge in [0.1, 0.15) is 5.82 Å². The average Bonchev–Trinajstić information content (AvgIpc) is 3.06. The van der Waals surface area contributed by atoms with Crippen LogP contribution in [0.15, 0.2) is 18.5 Å². The van der Waals surface area contributed by atoms with Gasteiger partial charge in [-0.05, 0) is 46.1 Å². The normalized spacial score (nSPS) is 16.4. The maximum Gasteiger partial charge on any atom is 0.417 e. The van der Waals surface area contributed by atoms with Crippen LogP contribution in [0.5, 0.6) is 0 Å². The number of carbonyl (C=O) groups is 1. The highest BCUT2D eigenvalue weighted by Crippen LogP contribution is 2.44. The number of nitrogens with two attached hydrogens (primary N) is 1. The number of halogens is 3. The number of rotatable bonds is 6. The van der Waals surface area contributed by atoms with Gasteiger partial charge in [-0.1, -0.05) is 0 Å². The van der Waals surface area contributed by atoms with E-state index < -0.39 is 23.2 Å². The first-order valence-corrected chi connectivity index (χ1v) is 9.95. The maximum atomic E-state index is 13.9. The molecule has 2 aromatic heterocycles. The number of thiazole rings is 1. The van der Waals surface area contributed by atoms with Crippen molar-refractivity contribution in [3.8, 4) is 10.4 Å². The van der Waals surface area contributed by atoms with Crippen molar-refractivity contribution in [1.82, 2.24) is 9.97 Å². The third kappa shape index (κ3) is 4.53. The summed E-state index contributed by atoms with van der Waals surface area (Å²) in [4.78, 5) is 21.3. The van der Waals surface area contributed by atoms with Gasteiger partial charge in [-0.25, -0.2) is 9.97 Å². The number of pyridine rings is 1. The van der Waals surface area contributed by atoms with Crippen molar-refractivity contribution in [2.24, 2.45) is 5.73 Å². The highest BCUT2D eigenvalue weighted by atomic mass is 32.1. The summed E-state index contributed by atoms with van der Waals surface area (Å²) in [6, 6.07) is 1.01. The molecule has 2 aromatic rings. The van der Waals surface area contributed by atoms with Crippen LogP contribution in [0, 0.1) is 0 Å². The Morgan fingerprint density at radius 3 is 2.41 bits per heavy atom. The van der Waals surface area contributed by atoms with E-state index in [2.05, 4.69) is 9.97 Å². The van der Waals surface area contributed by atoms with E-state index in [0.29, 0.717) is 0 Å².